The van der Waals surface area contributed by atoms with Gasteiger partial charge >= 0.3 is 0 Å². The fourth-order valence-electron chi connectivity index (χ4n) is 9.05. The number of fused-ring (bicyclic) bond motifs is 2. The van der Waals surface area contributed by atoms with Gasteiger partial charge in [0.1, 0.15) is 0 Å². The molecule has 3 aliphatic carbocycles. The average Bonchev–Trinajstić information content (AvgIpc) is 3.06. The molecule has 2 saturated heterocycles. The van der Waals surface area contributed by atoms with E-state index >= 15 is 0 Å². The van der Waals surface area contributed by atoms with Gasteiger partial charge in [0.05, 0.1) is 0 Å². The zero-order valence-corrected chi connectivity index (χ0v) is 20.6. The van der Waals surface area contributed by atoms with Crippen LogP contribution in [0.4, 0.5) is 0 Å². The molecule has 6 atom stereocenters. The fourth-order valence-corrected chi connectivity index (χ4v) is 9.05. The second kappa shape index (κ2) is 7.32. The van der Waals surface area contributed by atoms with Crippen LogP contribution in [0.1, 0.15) is 105 Å². The zero-order chi connectivity index (χ0) is 22.1. The molecule has 2 nitrogen and oxygen atoms in total. The lowest BCUT2D eigenvalue weighted by molar-refractivity contribution is -0.0363. The second-order valence-corrected chi connectivity index (χ2v) is 12.6. The van der Waals surface area contributed by atoms with Crippen molar-refractivity contribution in [2.24, 2.45) is 22.7 Å². The molecule has 6 unspecified atom stereocenters. The summed E-state index contributed by atoms with van der Waals surface area (Å²) in [6.45, 7) is 14.4. The third kappa shape index (κ3) is 3.11. The minimum atomic E-state index is 0.208. The Morgan fingerprint density at radius 3 is 2.65 bits per heavy atom. The standard InChI is InChI=1S/C29H45NO/c1-20(2)22-7-11-26(4)19-24(17-21(3)25(26)18-22)29-13-9-23-8-12-28(14-15-29,10-6-16-31)27(23,5)30-29/h17,22-23,30-31H,1,6-16,18-19H2,2-5H3. The van der Waals surface area contributed by atoms with Crippen molar-refractivity contribution in [1.82, 2.24) is 5.32 Å². The predicted octanol–water partition coefficient (Wildman–Crippen LogP) is 6.86. The van der Waals surface area contributed by atoms with Gasteiger partial charge in [-0.3, -0.25) is 0 Å². The monoisotopic (exact) mass is 423 g/mol. The molecule has 31 heavy (non-hydrogen) atoms. The number of rotatable bonds is 5. The summed E-state index contributed by atoms with van der Waals surface area (Å²) in [7, 11) is 0. The molecule has 2 saturated carbocycles. The maximum atomic E-state index is 9.56. The van der Waals surface area contributed by atoms with E-state index in [-0.39, 0.29) is 11.1 Å². The van der Waals surface area contributed by atoms with Crippen molar-refractivity contribution in [3.05, 3.63) is 34.9 Å². The van der Waals surface area contributed by atoms with Gasteiger partial charge in [0.2, 0.25) is 0 Å². The molecule has 0 aromatic heterocycles. The van der Waals surface area contributed by atoms with Crippen molar-refractivity contribution >= 4 is 0 Å². The summed E-state index contributed by atoms with van der Waals surface area (Å²) in [6, 6.07) is 0. The van der Waals surface area contributed by atoms with Crippen molar-refractivity contribution < 1.29 is 5.11 Å². The fraction of sp³-hybridized carbons (Fsp3) is 0.793. The van der Waals surface area contributed by atoms with Crippen molar-refractivity contribution in [2.45, 2.75) is 116 Å². The van der Waals surface area contributed by atoms with E-state index in [2.05, 4.69) is 45.7 Å². The van der Waals surface area contributed by atoms with Crippen molar-refractivity contribution in [3.63, 3.8) is 0 Å². The van der Waals surface area contributed by atoms with Crippen LogP contribution in [-0.4, -0.2) is 22.8 Å². The van der Waals surface area contributed by atoms with Gasteiger partial charge in [-0.25, -0.2) is 0 Å². The van der Waals surface area contributed by atoms with Crippen LogP contribution < -0.4 is 5.32 Å². The third-order valence-electron chi connectivity index (χ3n) is 11.1. The van der Waals surface area contributed by atoms with E-state index in [4.69, 9.17) is 0 Å². The van der Waals surface area contributed by atoms with Gasteiger partial charge in [-0.15, -0.1) is 0 Å². The van der Waals surface area contributed by atoms with E-state index in [9.17, 15) is 5.11 Å². The molecule has 0 radical (unpaired) electrons. The van der Waals surface area contributed by atoms with Crippen LogP contribution in [0.15, 0.2) is 34.9 Å². The number of allylic oxidation sites excluding steroid dienone is 4. The third-order valence-corrected chi connectivity index (χ3v) is 11.1. The van der Waals surface area contributed by atoms with E-state index in [0.717, 1.165) is 12.3 Å². The first-order chi connectivity index (χ1) is 14.7. The molecule has 2 heteroatoms. The first-order valence-electron chi connectivity index (χ1n) is 13.1. The predicted molar refractivity (Wildman–Crippen MR) is 130 cm³/mol. The molecule has 2 N–H and O–H groups in total. The first-order valence-corrected chi connectivity index (χ1v) is 13.1. The maximum Gasteiger partial charge on any atom is 0.0431 e. The molecule has 2 aliphatic heterocycles. The summed E-state index contributed by atoms with van der Waals surface area (Å²) in [4.78, 5) is 0. The van der Waals surface area contributed by atoms with E-state index in [1.54, 1.807) is 16.7 Å². The molecule has 4 fully saturated rings. The lowest BCUT2D eigenvalue weighted by Crippen LogP contribution is -2.72. The van der Waals surface area contributed by atoms with Crippen LogP contribution in [0.5, 0.6) is 0 Å². The van der Waals surface area contributed by atoms with Crippen LogP contribution in [-0.2, 0) is 0 Å². The van der Waals surface area contributed by atoms with Crippen LogP contribution in [0, 0.1) is 22.7 Å². The number of hydrogen-bond donors (Lipinski definition) is 2. The largest absolute Gasteiger partial charge is 0.396 e. The highest BCUT2D eigenvalue weighted by Gasteiger charge is 2.64. The zero-order valence-electron chi connectivity index (χ0n) is 20.6. The highest BCUT2D eigenvalue weighted by Crippen LogP contribution is 2.65. The molecule has 5 aliphatic rings. The van der Waals surface area contributed by atoms with Crippen molar-refractivity contribution in [3.8, 4) is 0 Å². The topological polar surface area (TPSA) is 32.3 Å². The van der Waals surface area contributed by atoms with Crippen molar-refractivity contribution in [1.29, 1.82) is 0 Å². The van der Waals surface area contributed by atoms with E-state index in [1.807, 2.05) is 0 Å². The number of hydrogen-bond acceptors (Lipinski definition) is 2. The van der Waals surface area contributed by atoms with E-state index in [1.165, 1.54) is 76.2 Å². The molecular formula is C29H45NO. The van der Waals surface area contributed by atoms with Gasteiger partial charge in [-0.2, -0.15) is 0 Å². The summed E-state index contributed by atoms with van der Waals surface area (Å²) in [5, 5.41) is 14.0. The summed E-state index contributed by atoms with van der Waals surface area (Å²) in [6.07, 6.45) is 17.9. The maximum absolute atomic E-state index is 9.56. The normalized spacial score (nSPS) is 46.5. The Bertz CT molecular complexity index is 838. The molecule has 0 aromatic rings. The minimum Gasteiger partial charge on any atom is -0.396 e. The highest BCUT2D eigenvalue weighted by atomic mass is 16.2. The summed E-state index contributed by atoms with van der Waals surface area (Å²) < 4.78 is 0. The van der Waals surface area contributed by atoms with Crippen LogP contribution in [0.3, 0.4) is 0 Å². The van der Waals surface area contributed by atoms with Gasteiger partial charge in [0, 0.05) is 17.7 Å². The Kier molecular flexibility index (Phi) is 5.19. The average molecular weight is 424 g/mol. The Balaban J connectivity index is 1.48. The van der Waals surface area contributed by atoms with E-state index < -0.39 is 0 Å². The summed E-state index contributed by atoms with van der Waals surface area (Å²) in [5.74, 6) is 1.50. The quantitative estimate of drug-likeness (QED) is 0.473. The first kappa shape index (κ1) is 22.0. The minimum absolute atomic E-state index is 0.208. The Hall–Kier alpha value is -0.860. The smallest absolute Gasteiger partial charge is 0.0431 e. The van der Waals surface area contributed by atoms with Gasteiger partial charge in [-0.1, -0.05) is 36.3 Å². The number of nitrogens with one attached hydrogen (secondary N) is 1. The number of aliphatic hydroxyl groups excluding tert-OH is 1. The summed E-state index contributed by atoms with van der Waals surface area (Å²) in [5.41, 5.74) is 7.56. The highest BCUT2D eigenvalue weighted by molar-refractivity contribution is 5.44. The Morgan fingerprint density at radius 1 is 1.13 bits per heavy atom. The molecule has 0 spiro atoms. The molecule has 2 heterocycles. The Morgan fingerprint density at radius 2 is 1.90 bits per heavy atom. The van der Waals surface area contributed by atoms with Crippen LogP contribution in [0.25, 0.3) is 0 Å². The van der Waals surface area contributed by atoms with Gasteiger partial charge in [0.15, 0.2) is 0 Å². The van der Waals surface area contributed by atoms with Crippen molar-refractivity contribution in [2.75, 3.05) is 6.61 Å². The van der Waals surface area contributed by atoms with Gasteiger partial charge in [-0.05, 0) is 126 Å². The molecule has 0 amide bonds. The molecule has 2 bridgehead atoms. The lowest BCUT2D eigenvalue weighted by atomic mass is 9.52. The van der Waals surface area contributed by atoms with Crippen LogP contribution >= 0.6 is 0 Å². The van der Waals surface area contributed by atoms with Gasteiger partial charge < -0.3 is 10.4 Å². The lowest BCUT2D eigenvalue weighted by Gasteiger charge is -2.63. The SMILES string of the molecule is C=C(C)C1CCC2(C)CC(C34CCC5CCC(CCCO)(CC3)C5(C)N4)=CC(C)=C2C1. The summed E-state index contributed by atoms with van der Waals surface area (Å²) >= 11 is 0. The van der Waals surface area contributed by atoms with Gasteiger partial charge in [0.25, 0.3) is 0 Å². The Labute approximate surface area is 190 Å². The molecule has 172 valence electrons. The second-order valence-electron chi connectivity index (χ2n) is 12.6. The number of piperidine rings is 2. The molecule has 5 rings (SSSR count). The molecule has 0 aromatic carbocycles. The van der Waals surface area contributed by atoms with Crippen LogP contribution in [0.2, 0.25) is 0 Å². The number of aliphatic hydroxyl groups is 1. The van der Waals surface area contributed by atoms with E-state index in [0.29, 0.717) is 23.4 Å². The molecular weight excluding hydrogens is 378 g/mol.